The summed E-state index contributed by atoms with van der Waals surface area (Å²) in [7, 11) is 1.66. The van der Waals surface area contributed by atoms with Crippen molar-refractivity contribution in [3.63, 3.8) is 0 Å². The van der Waals surface area contributed by atoms with Gasteiger partial charge < -0.3 is 19.9 Å². The van der Waals surface area contributed by atoms with E-state index in [-0.39, 0.29) is 5.75 Å². The standard InChI is InChI=1S/C22H23NO3/c1-3-26-22-13-16(9-11-20(22)24)15-23-19-14-18(10-12-21(19)25-2)17-7-5-4-6-8-17/h4-14,23-24H,3,15H2,1-2H3. The van der Waals surface area contributed by atoms with Crippen molar-refractivity contribution < 1.29 is 14.6 Å². The summed E-state index contributed by atoms with van der Waals surface area (Å²) in [6, 6.07) is 21.7. The van der Waals surface area contributed by atoms with E-state index in [0.29, 0.717) is 18.9 Å². The number of hydrogen-bond donors (Lipinski definition) is 2. The summed E-state index contributed by atoms with van der Waals surface area (Å²) in [4.78, 5) is 0. The van der Waals surface area contributed by atoms with Gasteiger partial charge in [-0.3, -0.25) is 0 Å². The fourth-order valence-corrected chi connectivity index (χ4v) is 2.79. The van der Waals surface area contributed by atoms with E-state index in [4.69, 9.17) is 9.47 Å². The second kappa shape index (κ2) is 8.30. The van der Waals surface area contributed by atoms with Crippen LogP contribution in [0.3, 0.4) is 0 Å². The van der Waals surface area contributed by atoms with Gasteiger partial charge in [0.25, 0.3) is 0 Å². The lowest BCUT2D eigenvalue weighted by molar-refractivity contribution is 0.318. The number of rotatable bonds is 7. The Morgan fingerprint density at radius 3 is 2.42 bits per heavy atom. The van der Waals surface area contributed by atoms with Crippen LogP contribution in [0.2, 0.25) is 0 Å². The lowest BCUT2D eigenvalue weighted by Gasteiger charge is -2.14. The Labute approximate surface area is 154 Å². The van der Waals surface area contributed by atoms with E-state index < -0.39 is 0 Å². The zero-order valence-corrected chi connectivity index (χ0v) is 15.0. The number of ether oxygens (including phenoxy) is 2. The molecule has 0 saturated heterocycles. The Morgan fingerprint density at radius 2 is 1.69 bits per heavy atom. The van der Waals surface area contributed by atoms with E-state index in [9.17, 15) is 5.11 Å². The predicted octanol–water partition coefficient (Wildman–Crippen LogP) is 5.08. The van der Waals surface area contributed by atoms with Crippen LogP contribution < -0.4 is 14.8 Å². The van der Waals surface area contributed by atoms with E-state index in [1.165, 1.54) is 0 Å². The number of benzene rings is 3. The number of hydrogen-bond acceptors (Lipinski definition) is 4. The van der Waals surface area contributed by atoms with E-state index in [0.717, 1.165) is 28.1 Å². The zero-order valence-electron chi connectivity index (χ0n) is 15.0. The minimum Gasteiger partial charge on any atom is -0.504 e. The molecular formula is C22H23NO3. The first-order valence-electron chi connectivity index (χ1n) is 8.63. The number of phenolic OH excluding ortho intramolecular Hbond substituents is 1. The maximum Gasteiger partial charge on any atom is 0.161 e. The van der Waals surface area contributed by atoms with Crippen molar-refractivity contribution in [2.45, 2.75) is 13.5 Å². The normalized spacial score (nSPS) is 10.4. The summed E-state index contributed by atoms with van der Waals surface area (Å²) < 4.78 is 10.9. The second-order valence-corrected chi connectivity index (χ2v) is 5.87. The van der Waals surface area contributed by atoms with Crippen molar-refractivity contribution in [2.24, 2.45) is 0 Å². The molecule has 0 spiro atoms. The molecule has 134 valence electrons. The molecule has 3 aromatic rings. The molecule has 4 nitrogen and oxygen atoms in total. The van der Waals surface area contributed by atoms with Gasteiger partial charge in [0.15, 0.2) is 11.5 Å². The summed E-state index contributed by atoms with van der Waals surface area (Å²) >= 11 is 0. The van der Waals surface area contributed by atoms with Crippen molar-refractivity contribution in [1.29, 1.82) is 0 Å². The molecule has 0 fully saturated rings. The Morgan fingerprint density at radius 1 is 0.885 bits per heavy atom. The van der Waals surface area contributed by atoms with Gasteiger partial charge in [0, 0.05) is 6.54 Å². The molecule has 3 aromatic carbocycles. The lowest BCUT2D eigenvalue weighted by atomic mass is 10.0. The van der Waals surface area contributed by atoms with Gasteiger partial charge in [0.2, 0.25) is 0 Å². The van der Waals surface area contributed by atoms with Crippen LogP contribution in [-0.2, 0) is 6.54 Å². The number of methoxy groups -OCH3 is 1. The maximum atomic E-state index is 9.83. The van der Waals surface area contributed by atoms with Crippen LogP contribution >= 0.6 is 0 Å². The zero-order chi connectivity index (χ0) is 18.4. The van der Waals surface area contributed by atoms with E-state index in [2.05, 4.69) is 23.5 Å². The predicted molar refractivity (Wildman–Crippen MR) is 105 cm³/mol. The van der Waals surface area contributed by atoms with Crippen LogP contribution in [-0.4, -0.2) is 18.8 Å². The third-order valence-corrected chi connectivity index (χ3v) is 4.11. The van der Waals surface area contributed by atoms with Gasteiger partial charge in [-0.05, 0) is 47.9 Å². The van der Waals surface area contributed by atoms with Gasteiger partial charge in [0.05, 0.1) is 19.4 Å². The van der Waals surface area contributed by atoms with Crippen LogP contribution in [0.15, 0.2) is 66.7 Å². The van der Waals surface area contributed by atoms with Crippen molar-refractivity contribution >= 4 is 5.69 Å². The van der Waals surface area contributed by atoms with Crippen molar-refractivity contribution in [3.05, 3.63) is 72.3 Å². The van der Waals surface area contributed by atoms with Crippen LogP contribution in [0.1, 0.15) is 12.5 Å². The monoisotopic (exact) mass is 349 g/mol. The van der Waals surface area contributed by atoms with Crippen LogP contribution in [0, 0.1) is 0 Å². The summed E-state index contributed by atoms with van der Waals surface area (Å²) in [5, 5.41) is 13.2. The van der Waals surface area contributed by atoms with Gasteiger partial charge in [-0.2, -0.15) is 0 Å². The Bertz CT molecular complexity index is 863. The molecular weight excluding hydrogens is 326 g/mol. The van der Waals surface area contributed by atoms with Crippen molar-refractivity contribution in [2.75, 3.05) is 19.0 Å². The van der Waals surface area contributed by atoms with Gasteiger partial charge in [0.1, 0.15) is 5.75 Å². The highest BCUT2D eigenvalue weighted by Gasteiger charge is 2.08. The average molecular weight is 349 g/mol. The van der Waals surface area contributed by atoms with Gasteiger partial charge in [-0.25, -0.2) is 0 Å². The van der Waals surface area contributed by atoms with Crippen LogP contribution in [0.25, 0.3) is 11.1 Å². The quantitative estimate of drug-likeness (QED) is 0.625. The molecule has 26 heavy (non-hydrogen) atoms. The van der Waals surface area contributed by atoms with Crippen molar-refractivity contribution in [3.8, 4) is 28.4 Å². The fourth-order valence-electron chi connectivity index (χ4n) is 2.79. The summed E-state index contributed by atoms with van der Waals surface area (Å²) in [6.45, 7) is 3.00. The molecule has 0 unspecified atom stereocenters. The SMILES string of the molecule is CCOc1cc(CNc2cc(-c3ccccc3)ccc2OC)ccc1O. The Kier molecular flexibility index (Phi) is 5.64. The second-order valence-electron chi connectivity index (χ2n) is 5.87. The minimum atomic E-state index is 0.152. The first-order valence-corrected chi connectivity index (χ1v) is 8.63. The molecule has 4 heteroatoms. The summed E-state index contributed by atoms with van der Waals surface area (Å²) in [6.07, 6.45) is 0. The molecule has 3 rings (SSSR count). The summed E-state index contributed by atoms with van der Waals surface area (Å²) in [5.41, 5.74) is 4.20. The van der Waals surface area contributed by atoms with E-state index >= 15 is 0 Å². The highest BCUT2D eigenvalue weighted by Crippen LogP contribution is 2.32. The van der Waals surface area contributed by atoms with Crippen LogP contribution in [0.4, 0.5) is 5.69 Å². The molecule has 0 aliphatic carbocycles. The molecule has 0 aliphatic rings. The Hall–Kier alpha value is -3.14. The molecule has 2 N–H and O–H groups in total. The number of nitrogens with one attached hydrogen (secondary N) is 1. The maximum absolute atomic E-state index is 9.83. The lowest BCUT2D eigenvalue weighted by Crippen LogP contribution is -2.02. The smallest absolute Gasteiger partial charge is 0.161 e. The topological polar surface area (TPSA) is 50.7 Å². The largest absolute Gasteiger partial charge is 0.504 e. The van der Waals surface area contributed by atoms with E-state index in [1.54, 1.807) is 13.2 Å². The highest BCUT2D eigenvalue weighted by molar-refractivity contribution is 5.72. The molecule has 0 aromatic heterocycles. The Balaban J connectivity index is 1.82. The highest BCUT2D eigenvalue weighted by atomic mass is 16.5. The van der Waals surface area contributed by atoms with E-state index in [1.807, 2.05) is 49.4 Å². The van der Waals surface area contributed by atoms with Gasteiger partial charge in [-0.1, -0.05) is 42.5 Å². The number of phenols is 1. The third-order valence-electron chi connectivity index (χ3n) is 4.11. The number of aromatic hydroxyl groups is 1. The molecule has 0 radical (unpaired) electrons. The van der Waals surface area contributed by atoms with Gasteiger partial charge >= 0.3 is 0 Å². The third kappa shape index (κ3) is 4.09. The molecule has 0 aliphatic heterocycles. The van der Waals surface area contributed by atoms with Gasteiger partial charge in [-0.15, -0.1) is 0 Å². The van der Waals surface area contributed by atoms with Crippen molar-refractivity contribution in [1.82, 2.24) is 0 Å². The summed E-state index contributed by atoms with van der Waals surface area (Å²) in [5.74, 6) is 1.43. The first kappa shape index (κ1) is 17.7. The molecule has 0 heterocycles. The first-order chi connectivity index (χ1) is 12.7. The number of anilines is 1. The molecule has 0 bridgehead atoms. The molecule has 0 atom stereocenters. The fraction of sp³-hybridized carbons (Fsp3) is 0.182. The average Bonchev–Trinajstić information content (AvgIpc) is 2.69. The molecule has 0 amide bonds. The molecule has 0 saturated carbocycles. The van der Waals surface area contributed by atoms with Crippen LogP contribution in [0.5, 0.6) is 17.2 Å². The minimum absolute atomic E-state index is 0.152.